The second-order valence-electron chi connectivity index (χ2n) is 4.88. The summed E-state index contributed by atoms with van der Waals surface area (Å²) in [6.07, 6.45) is 0.101. The maximum absolute atomic E-state index is 10.5. The van der Waals surface area contributed by atoms with Gasteiger partial charge in [0.05, 0.1) is 13.2 Å². The van der Waals surface area contributed by atoms with Crippen LogP contribution in [0.25, 0.3) is 10.1 Å². The molecule has 4 heteroatoms. The van der Waals surface area contributed by atoms with Gasteiger partial charge in [-0.1, -0.05) is 24.3 Å². The van der Waals surface area contributed by atoms with Gasteiger partial charge in [0.1, 0.15) is 5.75 Å². The number of fused-ring (bicyclic) bond motifs is 1. The third kappa shape index (κ3) is 2.98. The van der Waals surface area contributed by atoms with Crippen LogP contribution in [0.5, 0.6) is 5.75 Å². The van der Waals surface area contributed by atoms with Crippen molar-refractivity contribution in [1.82, 2.24) is 0 Å². The highest BCUT2D eigenvalue weighted by Crippen LogP contribution is 2.36. The lowest BCUT2D eigenvalue weighted by Gasteiger charge is -2.11. The van der Waals surface area contributed by atoms with Crippen LogP contribution in [0, 0.1) is 0 Å². The first-order chi connectivity index (χ1) is 10.2. The van der Waals surface area contributed by atoms with Gasteiger partial charge < -0.3 is 9.84 Å². The molecule has 0 saturated heterocycles. The molecule has 0 aliphatic carbocycles. The molecule has 2 aromatic carbocycles. The first kappa shape index (κ1) is 14.6. The highest BCUT2D eigenvalue weighted by atomic mass is 79.9. The second kappa shape index (κ2) is 6.18. The Balaban J connectivity index is 1.86. The van der Waals surface area contributed by atoms with Gasteiger partial charge in [0.15, 0.2) is 0 Å². The summed E-state index contributed by atoms with van der Waals surface area (Å²) in [5.74, 6) is 0.832. The van der Waals surface area contributed by atoms with E-state index in [1.165, 1.54) is 4.70 Å². The molecule has 1 heterocycles. The number of hydrogen-bond donors (Lipinski definition) is 1. The van der Waals surface area contributed by atoms with Crippen LogP contribution in [0.2, 0.25) is 0 Å². The minimum Gasteiger partial charge on any atom is -0.497 e. The number of aliphatic hydroxyl groups is 1. The lowest BCUT2D eigenvalue weighted by molar-refractivity contribution is 0.180. The Morgan fingerprint density at radius 3 is 2.67 bits per heavy atom. The lowest BCUT2D eigenvalue weighted by Crippen LogP contribution is -2.01. The topological polar surface area (TPSA) is 29.5 Å². The number of hydrogen-bond acceptors (Lipinski definition) is 3. The molecule has 3 aromatic rings. The van der Waals surface area contributed by atoms with E-state index in [9.17, 15) is 5.11 Å². The fourth-order valence-electron chi connectivity index (χ4n) is 2.39. The highest BCUT2D eigenvalue weighted by Gasteiger charge is 2.15. The van der Waals surface area contributed by atoms with Crippen molar-refractivity contribution in [2.24, 2.45) is 0 Å². The average Bonchev–Trinajstić information content (AvgIpc) is 2.93. The van der Waals surface area contributed by atoms with Crippen LogP contribution in [0.15, 0.2) is 52.3 Å². The van der Waals surface area contributed by atoms with Crippen LogP contribution in [0.1, 0.15) is 17.2 Å². The van der Waals surface area contributed by atoms with Gasteiger partial charge in [-0.15, -0.1) is 11.3 Å². The van der Waals surface area contributed by atoms with Gasteiger partial charge in [-0.05, 0) is 56.0 Å². The fraction of sp³-hybridized carbons (Fsp3) is 0.176. The van der Waals surface area contributed by atoms with Crippen LogP contribution in [-0.4, -0.2) is 12.2 Å². The fourth-order valence-corrected chi connectivity index (χ4v) is 4.06. The van der Waals surface area contributed by atoms with Gasteiger partial charge in [-0.25, -0.2) is 0 Å². The predicted octanol–water partition coefficient (Wildman–Crippen LogP) is 4.95. The Bertz CT molecular complexity index is 749. The summed E-state index contributed by atoms with van der Waals surface area (Å²) >= 11 is 5.22. The molecule has 3 rings (SSSR count). The number of benzene rings is 2. The minimum absolute atomic E-state index is 0.499. The van der Waals surface area contributed by atoms with Gasteiger partial charge in [-0.2, -0.15) is 0 Å². The molecular formula is C17H15BrO2S. The molecule has 0 radical (unpaired) electrons. The van der Waals surface area contributed by atoms with Crippen molar-refractivity contribution in [3.8, 4) is 5.75 Å². The van der Waals surface area contributed by atoms with E-state index >= 15 is 0 Å². The molecule has 2 nitrogen and oxygen atoms in total. The smallest absolute Gasteiger partial charge is 0.118 e. The summed E-state index contributed by atoms with van der Waals surface area (Å²) in [5.41, 5.74) is 2.09. The summed E-state index contributed by atoms with van der Waals surface area (Å²) in [5, 5.41) is 13.7. The zero-order chi connectivity index (χ0) is 14.8. The molecule has 1 unspecified atom stereocenters. The van der Waals surface area contributed by atoms with E-state index in [0.29, 0.717) is 6.42 Å². The van der Waals surface area contributed by atoms with Crippen LogP contribution < -0.4 is 4.74 Å². The van der Waals surface area contributed by atoms with E-state index in [0.717, 1.165) is 26.7 Å². The Morgan fingerprint density at radius 2 is 1.95 bits per heavy atom. The van der Waals surface area contributed by atoms with Crippen LogP contribution in [-0.2, 0) is 6.42 Å². The first-order valence-corrected chi connectivity index (χ1v) is 8.33. The third-order valence-corrected chi connectivity index (χ3v) is 5.50. The number of ether oxygens (including phenoxy) is 1. The zero-order valence-corrected chi connectivity index (χ0v) is 13.9. The quantitative estimate of drug-likeness (QED) is 0.711. The maximum atomic E-state index is 10.5. The molecule has 0 saturated carbocycles. The Morgan fingerprint density at radius 1 is 1.19 bits per heavy atom. The molecule has 21 heavy (non-hydrogen) atoms. The summed E-state index contributed by atoms with van der Waals surface area (Å²) in [7, 11) is 1.65. The summed E-state index contributed by atoms with van der Waals surface area (Å²) in [6.45, 7) is 0. The minimum atomic E-state index is -0.499. The molecule has 1 aromatic heterocycles. The van der Waals surface area contributed by atoms with E-state index < -0.39 is 6.10 Å². The Kier molecular flexibility index (Phi) is 4.29. The van der Waals surface area contributed by atoms with Gasteiger partial charge in [0, 0.05) is 15.6 Å². The molecule has 0 bridgehead atoms. The van der Waals surface area contributed by atoms with Gasteiger partial charge >= 0.3 is 0 Å². The van der Waals surface area contributed by atoms with Crippen molar-refractivity contribution in [3.05, 3.63) is 63.4 Å². The van der Waals surface area contributed by atoms with E-state index in [-0.39, 0.29) is 0 Å². The Hall–Kier alpha value is -1.36. The van der Waals surface area contributed by atoms with E-state index in [2.05, 4.69) is 22.0 Å². The number of halogens is 1. The maximum Gasteiger partial charge on any atom is 0.118 e. The van der Waals surface area contributed by atoms with Crippen LogP contribution in [0.3, 0.4) is 0 Å². The summed E-state index contributed by atoms with van der Waals surface area (Å²) in [6, 6.07) is 13.9. The number of aliphatic hydroxyl groups excluding tert-OH is 1. The van der Waals surface area contributed by atoms with Gasteiger partial charge in [0.25, 0.3) is 0 Å². The lowest BCUT2D eigenvalue weighted by atomic mass is 10.0. The normalized spacial score (nSPS) is 12.5. The molecule has 0 fully saturated rings. The van der Waals surface area contributed by atoms with Crippen molar-refractivity contribution >= 4 is 37.4 Å². The molecule has 0 aliphatic heterocycles. The van der Waals surface area contributed by atoms with Gasteiger partial charge in [-0.3, -0.25) is 0 Å². The third-order valence-electron chi connectivity index (χ3n) is 3.53. The summed E-state index contributed by atoms with van der Waals surface area (Å²) < 4.78 is 7.41. The van der Waals surface area contributed by atoms with Crippen molar-refractivity contribution in [1.29, 1.82) is 0 Å². The van der Waals surface area contributed by atoms with Crippen molar-refractivity contribution in [2.45, 2.75) is 12.5 Å². The largest absolute Gasteiger partial charge is 0.497 e. The molecule has 0 amide bonds. The average molecular weight is 363 g/mol. The van der Waals surface area contributed by atoms with Crippen LogP contribution >= 0.6 is 27.3 Å². The number of rotatable bonds is 4. The number of thiophene rings is 1. The van der Waals surface area contributed by atoms with Crippen molar-refractivity contribution in [3.63, 3.8) is 0 Å². The first-order valence-electron chi connectivity index (χ1n) is 6.65. The Labute approximate surface area is 136 Å². The summed E-state index contributed by atoms with van der Waals surface area (Å²) in [4.78, 5) is 0. The predicted molar refractivity (Wildman–Crippen MR) is 91.2 cm³/mol. The SMILES string of the molecule is COc1ccc(CC(O)c2csc3c(Br)cccc23)cc1. The second-order valence-corrected chi connectivity index (χ2v) is 6.61. The molecule has 1 atom stereocenters. The highest BCUT2D eigenvalue weighted by molar-refractivity contribution is 9.10. The van der Waals surface area contributed by atoms with Crippen molar-refractivity contribution < 1.29 is 9.84 Å². The van der Waals surface area contributed by atoms with Crippen LogP contribution in [0.4, 0.5) is 0 Å². The molecule has 108 valence electrons. The van der Waals surface area contributed by atoms with E-state index in [4.69, 9.17) is 4.74 Å². The van der Waals surface area contributed by atoms with Crippen molar-refractivity contribution in [2.75, 3.05) is 7.11 Å². The molecular weight excluding hydrogens is 348 g/mol. The zero-order valence-electron chi connectivity index (χ0n) is 11.5. The van der Waals surface area contributed by atoms with E-state index in [1.807, 2.05) is 41.8 Å². The molecule has 0 aliphatic rings. The number of methoxy groups -OCH3 is 1. The molecule has 1 N–H and O–H groups in total. The standard InChI is InChI=1S/C17H15BrO2S/c1-20-12-7-5-11(6-8-12)9-16(19)14-10-21-17-13(14)3-2-4-15(17)18/h2-8,10,16,19H,9H2,1H3. The molecule has 0 spiro atoms. The van der Waals surface area contributed by atoms with E-state index in [1.54, 1.807) is 18.4 Å². The monoisotopic (exact) mass is 362 g/mol. The van der Waals surface area contributed by atoms with Gasteiger partial charge in [0.2, 0.25) is 0 Å².